The molecule has 0 fully saturated rings. The van der Waals surface area contributed by atoms with Crippen LogP contribution in [0.25, 0.3) is 10.9 Å². The second kappa shape index (κ2) is 4.49. The van der Waals surface area contributed by atoms with E-state index >= 15 is 0 Å². The van der Waals surface area contributed by atoms with Gasteiger partial charge in [-0.3, -0.25) is 4.79 Å². The van der Waals surface area contributed by atoms with E-state index in [2.05, 4.69) is 4.98 Å². The highest BCUT2D eigenvalue weighted by Gasteiger charge is 2.47. The zero-order valence-electron chi connectivity index (χ0n) is 9.78. The minimum Gasteiger partial charge on any atom is -0.495 e. The van der Waals surface area contributed by atoms with Crippen molar-refractivity contribution < 1.29 is 27.8 Å². The minimum atomic E-state index is -4.86. The predicted octanol–water partition coefficient (Wildman–Crippen LogP) is 2.91. The number of rotatable bonds is 3. The van der Waals surface area contributed by atoms with E-state index in [0.29, 0.717) is 11.3 Å². The van der Waals surface area contributed by atoms with Crippen LogP contribution in [0.15, 0.2) is 24.4 Å². The van der Waals surface area contributed by atoms with Crippen LogP contribution in [-0.2, 0) is 4.79 Å². The topological polar surface area (TPSA) is 62.3 Å². The summed E-state index contributed by atoms with van der Waals surface area (Å²) in [5.41, 5.74) is 0.0180. The van der Waals surface area contributed by atoms with Crippen molar-refractivity contribution >= 4 is 16.9 Å². The summed E-state index contributed by atoms with van der Waals surface area (Å²) in [4.78, 5) is 13.5. The van der Waals surface area contributed by atoms with Gasteiger partial charge in [0, 0.05) is 17.1 Å². The fraction of sp³-hybridized carbons (Fsp3) is 0.250. The van der Waals surface area contributed by atoms with Crippen LogP contribution >= 0.6 is 0 Å². The maximum Gasteiger partial charge on any atom is 0.406 e. The fourth-order valence-corrected chi connectivity index (χ4v) is 2.01. The molecule has 1 aromatic carbocycles. The summed E-state index contributed by atoms with van der Waals surface area (Å²) in [5.74, 6) is -4.14. The number of hydrogen-bond donors (Lipinski definition) is 2. The first-order valence-electron chi connectivity index (χ1n) is 5.29. The Hall–Kier alpha value is -2.18. The van der Waals surface area contributed by atoms with Crippen LogP contribution in [0.5, 0.6) is 5.75 Å². The van der Waals surface area contributed by atoms with E-state index in [1.807, 2.05) is 0 Å². The second-order valence-corrected chi connectivity index (χ2v) is 3.94. The van der Waals surface area contributed by atoms with E-state index in [0.717, 1.165) is 6.20 Å². The number of nitrogens with one attached hydrogen (secondary N) is 1. The number of alkyl halides is 3. The molecule has 0 saturated heterocycles. The lowest BCUT2D eigenvalue weighted by molar-refractivity contribution is -0.176. The van der Waals surface area contributed by atoms with Crippen molar-refractivity contribution in [2.45, 2.75) is 12.1 Å². The van der Waals surface area contributed by atoms with Crippen LogP contribution in [0, 0.1) is 0 Å². The van der Waals surface area contributed by atoms with Crippen LogP contribution in [-0.4, -0.2) is 29.3 Å². The Kier molecular flexibility index (Phi) is 3.13. The summed E-state index contributed by atoms with van der Waals surface area (Å²) in [5, 5.41) is 8.99. The van der Waals surface area contributed by atoms with Crippen molar-refractivity contribution in [2.24, 2.45) is 0 Å². The number of aromatic nitrogens is 1. The van der Waals surface area contributed by atoms with Crippen molar-refractivity contribution in [3.63, 3.8) is 0 Å². The molecule has 2 rings (SSSR count). The molecule has 1 aromatic heterocycles. The van der Waals surface area contributed by atoms with E-state index in [4.69, 9.17) is 9.84 Å². The van der Waals surface area contributed by atoms with Gasteiger partial charge in [0.2, 0.25) is 0 Å². The predicted molar refractivity (Wildman–Crippen MR) is 61.3 cm³/mol. The Bertz CT molecular complexity index is 618. The number of methoxy groups -OCH3 is 1. The Morgan fingerprint density at radius 3 is 2.63 bits per heavy atom. The number of halogens is 3. The molecule has 7 heteroatoms. The third kappa shape index (κ3) is 2.23. The average Bonchev–Trinajstić information content (AvgIpc) is 2.70. The molecule has 0 aliphatic carbocycles. The summed E-state index contributed by atoms with van der Waals surface area (Å²) < 4.78 is 43.5. The fourth-order valence-electron chi connectivity index (χ4n) is 2.01. The van der Waals surface area contributed by atoms with Crippen LogP contribution in [0.2, 0.25) is 0 Å². The van der Waals surface area contributed by atoms with Crippen LogP contribution in [0.1, 0.15) is 11.5 Å². The Labute approximate surface area is 105 Å². The molecule has 0 spiro atoms. The first-order chi connectivity index (χ1) is 8.86. The zero-order chi connectivity index (χ0) is 14.2. The molecule has 0 bridgehead atoms. The molecule has 0 aliphatic heterocycles. The third-order valence-corrected chi connectivity index (χ3v) is 2.81. The molecule has 0 saturated carbocycles. The van der Waals surface area contributed by atoms with Gasteiger partial charge in [0.25, 0.3) is 0 Å². The number of aliphatic carboxylic acids is 1. The second-order valence-electron chi connectivity index (χ2n) is 3.94. The maximum absolute atomic E-state index is 12.8. The summed E-state index contributed by atoms with van der Waals surface area (Å²) >= 11 is 0. The Morgan fingerprint density at radius 2 is 2.11 bits per heavy atom. The minimum absolute atomic E-state index is 0.184. The monoisotopic (exact) mass is 273 g/mol. The number of aromatic amines is 1. The highest BCUT2D eigenvalue weighted by Crippen LogP contribution is 2.39. The number of H-pyrrole nitrogens is 1. The van der Waals surface area contributed by atoms with E-state index < -0.39 is 18.1 Å². The van der Waals surface area contributed by atoms with E-state index in [-0.39, 0.29) is 10.9 Å². The quantitative estimate of drug-likeness (QED) is 0.903. The number of benzene rings is 1. The molecule has 2 N–H and O–H groups in total. The van der Waals surface area contributed by atoms with Gasteiger partial charge in [-0.1, -0.05) is 12.1 Å². The van der Waals surface area contributed by atoms with Crippen LogP contribution in [0.4, 0.5) is 13.2 Å². The van der Waals surface area contributed by atoms with E-state index in [9.17, 15) is 18.0 Å². The highest BCUT2D eigenvalue weighted by molar-refractivity contribution is 5.93. The summed E-state index contributed by atoms with van der Waals surface area (Å²) in [6.07, 6.45) is -3.80. The lowest BCUT2D eigenvalue weighted by atomic mass is 9.98. The van der Waals surface area contributed by atoms with E-state index in [1.165, 1.54) is 19.2 Å². The van der Waals surface area contributed by atoms with Gasteiger partial charge in [-0.15, -0.1) is 0 Å². The number of ether oxygens (including phenoxy) is 1. The standard InChI is InChI=1S/C12H10F3NO3/c1-19-8-4-2-3-6-7(5-16-10(6)8)9(11(17)18)12(13,14)15/h2-5,9,16H,1H3,(H,17,18). The average molecular weight is 273 g/mol. The maximum atomic E-state index is 12.8. The molecule has 1 unspecified atom stereocenters. The van der Waals surface area contributed by atoms with Gasteiger partial charge in [-0.25, -0.2) is 0 Å². The molecule has 4 nitrogen and oxygen atoms in total. The number of para-hydroxylation sites is 1. The molecule has 102 valence electrons. The van der Waals surface area contributed by atoms with Gasteiger partial charge in [-0.05, 0) is 6.07 Å². The first kappa shape index (κ1) is 13.3. The number of hydrogen-bond acceptors (Lipinski definition) is 2. The number of carboxylic acid groups (broad SMARTS) is 1. The first-order valence-corrected chi connectivity index (χ1v) is 5.29. The molecular weight excluding hydrogens is 263 g/mol. The van der Waals surface area contributed by atoms with Crippen molar-refractivity contribution in [3.8, 4) is 5.75 Å². The van der Waals surface area contributed by atoms with Gasteiger partial charge >= 0.3 is 12.1 Å². The molecule has 1 heterocycles. The number of carboxylic acids is 1. The SMILES string of the molecule is COc1cccc2c(C(C(=O)O)C(F)(F)F)c[nH]c12. The van der Waals surface area contributed by atoms with Crippen LogP contribution in [0.3, 0.4) is 0 Å². The van der Waals surface area contributed by atoms with Crippen molar-refractivity contribution in [1.29, 1.82) is 0 Å². The van der Waals surface area contributed by atoms with Gasteiger partial charge in [0.15, 0.2) is 5.92 Å². The molecular formula is C12H10F3NO3. The molecule has 1 atom stereocenters. The summed E-state index contributed by atoms with van der Waals surface area (Å²) in [6.45, 7) is 0. The molecule has 0 amide bonds. The number of fused-ring (bicyclic) bond motifs is 1. The lowest BCUT2D eigenvalue weighted by Gasteiger charge is -2.15. The van der Waals surface area contributed by atoms with Gasteiger partial charge in [0.05, 0.1) is 12.6 Å². The molecule has 19 heavy (non-hydrogen) atoms. The zero-order valence-corrected chi connectivity index (χ0v) is 9.78. The molecule has 2 aromatic rings. The third-order valence-electron chi connectivity index (χ3n) is 2.81. The van der Waals surface area contributed by atoms with E-state index in [1.54, 1.807) is 6.07 Å². The largest absolute Gasteiger partial charge is 0.495 e. The van der Waals surface area contributed by atoms with Gasteiger partial charge in [0.1, 0.15) is 5.75 Å². The Morgan fingerprint density at radius 1 is 1.42 bits per heavy atom. The summed E-state index contributed by atoms with van der Waals surface area (Å²) in [7, 11) is 1.38. The smallest absolute Gasteiger partial charge is 0.406 e. The van der Waals surface area contributed by atoms with Gasteiger partial charge in [-0.2, -0.15) is 13.2 Å². The van der Waals surface area contributed by atoms with Crippen molar-refractivity contribution in [3.05, 3.63) is 30.0 Å². The normalized spacial score (nSPS) is 13.5. The summed E-state index contributed by atoms with van der Waals surface area (Å²) in [6, 6.07) is 4.51. The Balaban J connectivity index is 2.65. The van der Waals surface area contributed by atoms with Crippen molar-refractivity contribution in [2.75, 3.05) is 7.11 Å². The molecule has 0 radical (unpaired) electrons. The molecule has 0 aliphatic rings. The van der Waals surface area contributed by atoms with Crippen LogP contribution < -0.4 is 4.74 Å². The van der Waals surface area contributed by atoms with Gasteiger partial charge < -0.3 is 14.8 Å². The number of carbonyl (C=O) groups is 1. The lowest BCUT2D eigenvalue weighted by Crippen LogP contribution is -2.28. The van der Waals surface area contributed by atoms with Crippen molar-refractivity contribution in [1.82, 2.24) is 4.98 Å². The highest BCUT2D eigenvalue weighted by atomic mass is 19.4.